The van der Waals surface area contributed by atoms with E-state index in [1.54, 1.807) is 0 Å². The Morgan fingerprint density at radius 2 is 1.77 bits per heavy atom. The molecule has 0 aromatic heterocycles. The lowest BCUT2D eigenvalue weighted by atomic mass is 9.89. The molecular weight excluding hydrogens is 160 g/mol. The average Bonchev–Trinajstić information content (AvgIpc) is 2.17. The lowest BCUT2D eigenvalue weighted by Crippen LogP contribution is -2.04. The highest BCUT2D eigenvalue weighted by atomic mass is 16.1. The van der Waals surface area contributed by atoms with E-state index in [-0.39, 0.29) is 0 Å². The Bertz CT molecular complexity index is 339. The van der Waals surface area contributed by atoms with E-state index in [0.717, 1.165) is 23.8 Å². The number of carbonyl (C=O) groups excluding carboxylic acids is 1. The summed E-state index contributed by atoms with van der Waals surface area (Å²) in [5.74, 6) is 0. The van der Waals surface area contributed by atoms with E-state index < -0.39 is 0 Å². The molecule has 1 heteroatoms. The number of aryl methyl sites for hydroxylation is 3. The second-order valence-corrected chi connectivity index (χ2v) is 3.80. The summed E-state index contributed by atoms with van der Waals surface area (Å²) in [6, 6.07) is 4.25. The Hall–Kier alpha value is -1.11. The molecule has 0 bridgehead atoms. The van der Waals surface area contributed by atoms with Gasteiger partial charge in [-0.2, -0.15) is 0 Å². The van der Waals surface area contributed by atoms with Crippen molar-refractivity contribution in [1.29, 1.82) is 0 Å². The molecule has 0 N–H and O–H groups in total. The minimum absolute atomic E-state index is 0.862. The second kappa shape index (κ2) is 3.33. The van der Waals surface area contributed by atoms with Crippen LogP contribution in [0.25, 0.3) is 0 Å². The highest BCUT2D eigenvalue weighted by Crippen LogP contribution is 2.23. The van der Waals surface area contributed by atoms with Gasteiger partial charge in [0, 0.05) is 5.56 Å². The topological polar surface area (TPSA) is 17.1 Å². The molecule has 0 spiro atoms. The van der Waals surface area contributed by atoms with Gasteiger partial charge in [0.15, 0.2) is 0 Å². The summed E-state index contributed by atoms with van der Waals surface area (Å²) < 4.78 is 0. The Morgan fingerprint density at radius 3 is 2.38 bits per heavy atom. The number of fused-ring (bicyclic) bond motifs is 1. The third-order valence-electron chi connectivity index (χ3n) is 2.86. The van der Waals surface area contributed by atoms with Crippen LogP contribution in [0.3, 0.4) is 0 Å². The molecule has 1 aromatic rings. The number of aldehydes is 1. The van der Waals surface area contributed by atoms with Crippen LogP contribution >= 0.6 is 0 Å². The molecule has 2 rings (SSSR count). The molecule has 0 heterocycles. The number of carbonyl (C=O) groups is 1. The maximum atomic E-state index is 10.7. The van der Waals surface area contributed by atoms with Gasteiger partial charge in [-0.15, -0.1) is 0 Å². The van der Waals surface area contributed by atoms with E-state index in [9.17, 15) is 4.79 Å². The van der Waals surface area contributed by atoms with Gasteiger partial charge in [-0.3, -0.25) is 4.79 Å². The monoisotopic (exact) mass is 174 g/mol. The first-order valence-electron chi connectivity index (χ1n) is 4.89. The first kappa shape index (κ1) is 8.49. The molecule has 68 valence electrons. The molecule has 1 aromatic carbocycles. The predicted molar refractivity (Wildman–Crippen MR) is 53.2 cm³/mol. The minimum Gasteiger partial charge on any atom is -0.298 e. The number of benzene rings is 1. The van der Waals surface area contributed by atoms with Crippen LogP contribution in [0.2, 0.25) is 0 Å². The quantitative estimate of drug-likeness (QED) is 0.598. The van der Waals surface area contributed by atoms with E-state index in [2.05, 4.69) is 12.1 Å². The summed E-state index contributed by atoms with van der Waals surface area (Å²) in [7, 11) is 0. The summed E-state index contributed by atoms with van der Waals surface area (Å²) >= 11 is 0. The maximum absolute atomic E-state index is 10.7. The van der Waals surface area contributed by atoms with E-state index in [1.807, 2.05) is 6.92 Å². The van der Waals surface area contributed by atoms with Gasteiger partial charge in [-0.1, -0.05) is 6.07 Å². The Kier molecular flexibility index (Phi) is 2.17. The smallest absolute Gasteiger partial charge is 0.150 e. The van der Waals surface area contributed by atoms with Crippen molar-refractivity contribution < 1.29 is 4.79 Å². The van der Waals surface area contributed by atoms with Crippen LogP contribution in [-0.2, 0) is 12.8 Å². The van der Waals surface area contributed by atoms with Crippen LogP contribution in [0.4, 0.5) is 0 Å². The van der Waals surface area contributed by atoms with E-state index >= 15 is 0 Å². The fourth-order valence-electron chi connectivity index (χ4n) is 2.05. The highest BCUT2D eigenvalue weighted by molar-refractivity contribution is 5.77. The van der Waals surface area contributed by atoms with Crippen LogP contribution in [0.5, 0.6) is 0 Å². The fourth-order valence-corrected chi connectivity index (χ4v) is 2.05. The molecule has 0 unspecified atom stereocenters. The van der Waals surface area contributed by atoms with Gasteiger partial charge in [0.25, 0.3) is 0 Å². The predicted octanol–water partition coefficient (Wildman–Crippen LogP) is 2.69. The van der Waals surface area contributed by atoms with Gasteiger partial charge < -0.3 is 0 Å². The standard InChI is InChI=1S/C12H14O/c1-9-6-10-4-2-3-5-11(10)7-12(9)8-13/h6-8H,2-5H2,1H3. The van der Waals surface area contributed by atoms with Gasteiger partial charge in [0.05, 0.1) is 0 Å². The molecule has 1 aliphatic carbocycles. The van der Waals surface area contributed by atoms with E-state index in [0.29, 0.717) is 0 Å². The molecule has 13 heavy (non-hydrogen) atoms. The van der Waals surface area contributed by atoms with Crippen molar-refractivity contribution in [3.63, 3.8) is 0 Å². The van der Waals surface area contributed by atoms with Gasteiger partial charge in [0.1, 0.15) is 6.29 Å². The molecule has 0 saturated carbocycles. The van der Waals surface area contributed by atoms with E-state index in [4.69, 9.17) is 0 Å². The summed E-state index contributed by atoms with van der Waals surface area (Å²) in [5, 5.41) is 0. The highest BCUT2D eigenvalue weighted by Gasteiger charge is 2.10. The third kappa shape index (κ3) is 1.51. The zero-order chi connectivity index (χ0) is 9.26. The Morgan fingerprint density at radius 1 is 1.15 bits per heavy atom. The normalized spacial score (nSPS) is 15.2. The molecule has 1 nitrogen and oxygen atoms in total. The molecule has 0 aliphatic heterocycles. The van der Waals surface area contributed by atoms with Crippen LogP contribution in [-0.4, -0.2) is 6.29 Å². The summed E-state index contributed by atoms with van der Waals surface area (Å²) in [5.41, 5.74) is 4.82. The second-order valence-electron chi connectivity index (χ2n) is 3.80. The lowest BCUT2D eigenvalue weighted by molar-refractivity contribution is 0.112. The van der Waals surface area contributed by atoms with Gasteiger partial charge in [-0.05, 0) is 55.4 Å². The number of hydrogen-bond acceptors (Lipinski definition) is 1. The van der Waals surface area contributed by atoms with Crippen LogP contribution < -0.4 is 0 Å². The molecule has 0 radical (unpaired) electrons. The van der Waals surface area contributed by atoms with Crippen molar-refractivity contribution in [2.24, 2.45) is 0 Å². The SMILES string of the molecule is Cc1cc2c(cc1C=O)CCCC2. The maximum Gasteiger partial charge on any atom is 0.150 e. The summed E-state index contributed by atoms with van der Waals surface area (Å²) in [4.78, 5) is 10.7. The van der Waals surface area contributed by atoms with Crippen LogP contribution in [0.1, 0.15) is 39.9 Å². The van der Waals surface area contributed by atoms with Crippen molar-refractivity contribution in [3.8, 4) is 0 Å². The molecular formula is C12H14O. The fraction of sp³-hybridized carbons (Fsp3) is 0.417. The molecule has 1 aliphatic rings. The first-order valence-corrected chi connectivity index (χ1v) is 4.89. The molecule has 0 atom stereocenters. The molecule has 0 fully saturated rings. The zero-order valence-corrected chi connectivity index (χ0v) is 7.97. The Labute approximate surface area is 78.8 Å². The van der Waals surface area contributed by atoms with Crippen molar-refractivity contribution in [1.82, 2.24) is 0 Å². The van der Waals surface area contributed by atoms with Gasteiger partial charge in [0.2, 0.25) is 0 Å². The van der Waals surface area contributed by atoms with Crippen molar-refractivity contribution in [2.45, 2.75) is 32.6 Å². The van der Waals surface area contributed by atoms with Gasteiger partial charge >= 0.3 is 0 Å². The summed E-state index contributed by atoms with van der Waals surface area (Å²) in [6.45, 7) is 2.01. The van der Waals surface area contributed by atoms with Crippen LogP contribution in [0, 0.1) is 6.92 Å². The first-order chi connectivity index (χ1) is 6.31. The lowest BCUT2D eigenvalue weighted by Gasteiger charge is -2.16. The molecule has 0 saturated heterocycles. The van der Waals surface area contributed by atoms with Crippen molar-refractivity contribution in [3.05, 3.63) is 34.4 Å². The third-order valence-corrected chi connectivity index (χ3v) is 2.86. The van der Waals surface area contributed by atoms with Crippen LogP contribution in [0.15, 0.2) is 12.1 Å². The number of rotatable bonds is 1. The van der Waals surface area contributed by atoms with Crippen molar-refractivity contribution in [2.75, 3.05) is 0 Å². The minimum atomic E-state index is 0.862. The van der Waals surface area contributed by atoms with Gasteiger partial charge in [-0.25, -0.2) is 0 Å². The van der Waals surface area contributed by atoms with Crippen molar-refractivity contribution >= 4 is 6.29 Å². The largest absolute Gasteiger partial charge is 0.298 e. The average molecular weight is 174 g/mol. The van der Waals surface area contributed by atoms with E-state index in [1.165, 1.54) is 30.4 Å². The summed E-state index contributed by atoms with van der Waals surface area (Å²) in [6.07, 6.45) is 5.87. The number of hydrogen-bond donors (Lipinski definition) is 0. The zero-order valence-electron chi connectivity index (χ0n) is 7.97. The molecule has 0 amide bonds. The Balaban J connectivity index is 2.50.